The summed E-state index contributed by atoms with van der Waals surface area (Å²) >= 11 is 0. The van der Waals surface area contributed by atoms with E-state index in [0.717, 1.165) is 0 Å². The number of aliphatic hydroxyl groups excluding tert-OH is 1. The highest BCUT2D eigenvalue weighted by atomic mass is 16.5. The van der Waals surface area contributed by atoms with Crippen LogP contribution in [0, 0.1) is 11.3 Å². The van der Waals surface area contributed by atoms with Crippen molar-refractivity contribution in [3.8, 4) is 0 Å². The third-order valence-electron chi connectivity index (χ3n) is 2.40. The van der Waals surface area contributed by atoms with Gasteiger partial charge in [-0.1, -0.05) is 27.7 Å². The minimum absolute atomic E-state index is 0.0812. The molecule has 0 aromatic heterocycles. The van der Waals surface area contributed by atoms with Crippen LogP contribution in [0.4, 0.5) is 0 Å². The molecule has 1 N–H and O–H groups in total. The van der Waals surface area contributed by atoms with Crippen molar-refractivity contribution in [3.63, 3.8) is 0 Å². The number of hydrogen-bond acceptors (Lipinski definition) is 4. The highest BCUT2D eigenvalue weighted by Crippen LogP contribution is 2.18. The number of carbonyl (C=O) groups excluding carboxylic acids is 2. The standard InChI is InChI=1S/C12H23NO4/c1-9(10(15)17-5)8-13(6-7-14)11(16)12(2,3)4/h9,14H,6-8H2,1-5H3. The van der Waals surface area contributed by atoms with E-state index in [4.69, 9.17) is 5.11 Å². The van der Waals surface area contributed by atoms with Gasteiger partial charge in [0.2, 0.25) is 5.91 Å². The summed E-state index contributed by atoms with van der Waals surface area (Å²) in [6, 6.07) is 0. The number of amides is 1. The van der Waals surface area contributed by atoms with Gasteiger partial charge in [-0.25, -0.2) is 0 Å². The monoisotopic (exact) mass is 245 g/mol. The van der Waals surface area contributed by atoms with Crippen molar-refractivity contribution >= 4 is 11.9 Å². The normalized spacial score (nSPS) is 13.1. The smallest absolute Gasteiger partial charge is 0.310 e. The quantitative estimate of drug-likeness (QED) is 0.723. The highest BCUT2D eigenvalue weighted by Gasteiger charge is 2.29. The van der Waals surface area contributed by atoms with Crippen LogP contribution in [0.25, 0.3) is 0 Å². The fourth-order valence-corrected chi connectivity index (χ4v) is 1.48. The maximum atomic E-state index is 12.1. The molecule has 0 rings (SSSR count). The van der Waals surface area contributed by atoms with Gasteiger partial charge in [-0.15, -0.1) is 0 Å². The zero-order chi connectivity index (χ0) is 13.6. The summed E-state index contributed by atoms with van der Waals surface area (Å²) < 4.78 is 4.62. The van der Waals surface area contributed by atoms with Crippen LogP contribution in [0.1, 0.15) is 27.7 Å². The van der Waals surface area contributed by atoms with E-state index in [1.807, 2.05) is 20.8 Å². The van der Waals surface area contributed by atoms with Crippen molar-refractivity contribution in [2.24, 2.45) is 11.3 Å². The largest absolute Gasteiger partial charge is 0.469 e. The minimum Gasteiger partial charge on any atom is -0.469 e. The molecular weight excluding hydrogens is 222 g/mol. The molecule has 0 aliphatic heterocycles. The number of nitrogens with zero attached hydrogens (tertiary/aromatic N) is 1. The van der Waals surface area contributed by atoms with Crippen LogP contribution in [-0.2, 0) is 14.3 Å². The third-order valence-corrected chi connectivity index (χ3v) is 2.40. The van der Waals surface area contributed by atoms with Gasteiger partial charge in [-0.05, 0) is 0 Å². The summed E-state index contributed by atoms with van der Waals surface area (Å²) in [6.07, 6.45) is 0. The molecule has 1 atom stereocenters. The summed E-state index contributed by atoms with van der Waals surface area (Å²) in [7, 11) is 1.32. The fourth-order valence-electron chi connectivity index (χ4n) is 1.48. The molecule has 0 heterocycles. The van der Waals surface area contributed by atoms with Crippen LogP contribution in [0.3, 0.4) is 0 Å². The molecule has 0 aromatic rings. The Hall–Kier alpha value is -1.10. The molecule has 1 unspecified atom stereocenters. The van der Waals surface area contributed by atoms with Crippen LogP contribution in [0.2, 0.25) is 0 Å². The van der Waals surface area contributed by atoms with Crippen LogP contribution in [0.15, 0.2) is 0 Å². The Labute approximate surface area is 103 Å². The maximum Gasteiger partial charge on any atom is 0.310 e. The number of esters is 1. The number of hydrogen-bond donors (Lipinski definition) is 1. The van der Waals surface area contributed by atoms with Gasteiger partial charge in [0, 0.05) is 18.5 Å². The van der Waals surface area contributed by atoms with E-state index in [2.05, 4.69) is 4.74 Å². The van der Waals surface area contributed by atoms with Gasteiger partial charge in [0.05, 0.1) is 19.6 Å². The van der Waals surface area contributed by atoms with Crippen molar-refractivity contribution < 1.29 is 19.4 Å². The topological polar surface area (TPSA) is 66.8 Å². The molecule has 0 spiro atoms. The van der Waals surface area contributed by atoms with E-state index in [9.17, 15) is 9.59 Å². The van der Waals surface area contributed by atoms with E-state index in [1.54, 1.807) is 6.92 Å². The molecular formula is C12H23NO4. The predicted octanol–water partition coefficient (Wildman–Crippen LogP) is 0.662. The SMILES string of the molecule is COC(=O)C(C)CN(CCO)C(=O)C(C)(C)C. The van der Waals surface area contributed by atoms with Gasteiger partial charge >= 0.3 is 5.97 Å². The van der Waals surface area contributed by atoms with Crippen LogP contribution in [0.5, 0.6) is 0 Å². The lowest BCUT2D eigenvalue weighted by atomic mass is 9.94. The van der Waals surface area contributed by atoms with Crippen molar-refractivity contribution in [1.82, 2.24) is 4.90 Å². The molecule has 100 valence electrons. The van der Waals surface area contributed by atoms with Gasteiger partial charge in [0.1, 0.15) is 0 Å². The maximum absolute atomic E-state index is 12.1. The van der Waals surface area contributed by atoms with Crippen molar-refractivity contribution in [3.05, 3.63) is 0 Å². The molecule has 5 heteroatoms. The van der Waals surface area contributed by atoms with Gasteiger partial charge in [-0.3, -0.25) is 9.59 Å². The molecule has 0 fully saturated rings. The Morgan fingerprint density at radius 2 is 1.88 bits per heavy atom. The molecule has 0 aliphatic carbocycles. The first-order chi connectivity index (χ1) is 7.73. The Kier molecular flexibility index (Phi) is 6.16. The number of carbonyl (C=O) groups is 2. The summed E-state index contributed by atoms with van der Waals surface area (Å²) in [4.78, 5) is 24.9. The summed E-state index contributed by atoms with van der Waals surface area (Å²) in [5, 5.41) is 8.95. The zero-order valence-corrected chi connectivity index (χ0v) is 11.3. The number of ether oxygens (including phenoxy) is 1. The van der Waals surface area contributed by atoms with E-state index in [0.29, 0.717) is 0 Å². The molecule has 0 saturated carbocycles. The Balaban J connectivity index is 4.65. The number of rotatable bonds is 5. The van der Waals surface area contributed by atoms with E-state index < -0.39 is 11.3 Å². The molecule has 17 heavy (non-hydrogen) atoms. The molecule has 0 saturated heterocycles. The van der Waals surface area contributed by atoms with Gasteiger partial charge < -0.3 is 14.7 Å². The lowest BCUT2D eigenvalue weighted by Crippen LogP contribution is -2.44. The van der Waals surface area contributed by atoms with Crippen molar-refractivity contribution in [2.45, 2.75) is 27.7 Å². The number of methoxy groups -OCH3 is 1. The first kappa shape index (κ1) is 15.9. The van der Waals surface area contributed by atoms with Crippen LogP contribution in [-0.4, -0.2) is 48.7 Å². The second kappa shape index (κ2) is 6.59. The molecule has 1 amide bonds. The van der Waals surface area contributed by atoms with E-state index in [1.165, 1.54) is 12.0 Å². The number of aliphatic hydroxyl groups is 1. The average Bonchev–Trinajstić information content (AvgIpc) is 2.24. The second-order valence-corrected chi connectivity index (χ2v) is 5.15. The lowest BCUT2D eigenvalue weighted by Gasteiger charge is -2.30. The first-order valence-corrected chi connectivity index (χ1v) is 5.72. The Morgan fingerprint density at radius 1 is 1.35 bits per heavy atom. The fraction of sp³-hybridized carbons (Fsp3) is 0.833. The first-order valence-electron chi connectivity index (χ1n) is 5.72. The molecule has 0 bridgehead atoms. The minimum atomic E-state index is -0.523. The Morgan fingerprint density at radius 3 is 2.24 bits per heavy atom. The van der Waals surface area contributed by atoms with Crippen LogP contribution < -0.4 is 0 Å². The molecule has 0 aromatic carbocycles. The van der Waals surface area contributed by atoms with Crippen molar-refractivity contribution in [2.75, 3.05) is 26.8 Å². The van der Waals surface area contributed by atoms with Gasteiger partial charge in [0.15, 0.2) is 0 Å². The van der Waals surface area contributed by atoms with Crippen LogP contribution >= 0.6 is 0 Å². The van der Waals surface area contributed by atoms with Gasteiger partial charge in [0.25, 0.3) is 0 Å². The van der Waals surface area contributed by atoms with Gasteiger partial charge in [-0.2, -0.15) is 0 Å². The summed E-state index contributed by atoms with van der Waals surface area (Å²) in [5.74, 6) is -0.824. The van der Waals surface area contributed by atoms with E-state index in [-0.39, 0.29) is 31.6 Å². The average molecular weight is 245 g/mol. The second-order valence-electron chi connectivity index (χ2n) is 5.15. The lowest BCUT2D eigenvalue weighted by molar-refractivity contribution is -0.148. The third kappa shape index (κ3) is 5.17. The molecule has 5 nitrogen and oxygen atoms in total. The molecule has 0 radical (unpaired) electrons. The van der Waals surface area contributed by atoms with E-state index >= 15 is 0 Å². The molecule has 0 aliphatic rings. The predicted molar refractivity (Wildman–Crippen MR) is 64.3 cm³/mol. The summed E-state index contributed by atoms with van der Waals surface area (Å²) in [5.41, 5.74) is -0.523. The van der Waals surface area contributed by atoms with Crippen molar-refractivity contribution in [1.29, 1.82) is 0 Å². The summed E-state index contributed by atoms with van der Waals surface area (Å²) in [6.45, 7) is 7.51. The zero-order valence-electron chi connectivity index (χ0n) is 11.3. The highest BCUT2D eigenvalue weighted by molar-refractivity contribution is 5.82. The Bertz CT molecular complexity index is 270.